The highest BCUT2D eigenvalue weighted by atomic mass is 19.4. The molecule has 2 aromatic carbocycles. The van der Waals surface area contributed by atoms with Gasteiger partial charge in [-0.25, -0.2) is 4.79 Å². The second kappa shape index (κ2) is 9.84. The molecule has 0 saturated carbocycles. The summed E-state index contributed by atoms with van der Waals surface area (Å²) in [4.78, 5) is 24.6. The van der Waals surface area contributed by atoms with Crippen LogP contribution < -0.4 is 14.9 Å². The van der Waals surface area contributed by atoms with Crippen molar-refractivity contribution in [2.75, 3.05) is 26.9 Å². The molecular weight excluding hydrogens is 433 g/mol. The predicted molar refractivity (Wildman–Crippen MR) is 107 cm³/mol. The third-order valence-corrected chi connectivity index (χ3v) is 4.17. The van der Waals surface area contributed by atoms with E-state index >= 15 is 0 Å². The summed E-state index contributed by atoms with van der Waals surface area (Å²) in [5, 5.41) is -0.170. The van der Waals surface area contributed by atoms with Gasteiger partial charge in [0.25, 0.3) is 5.76 Å². The highest BCUT2D eigenvalue weighted by Gasteiger charge is 2.40. The summed E-state index contributed by atoms with van der Waals surface area (Å²) in [5.74, 6) is -3.41. The molecule has 0 aliphatic rings. The SMILES string of the molecule is COCCOCC(=O)Oc1ccc2c(=O)c(Oc3cccc(C)c3)c(C(F)(F)F)oc2c1. The molecule has 0 spiro atoms. The summed E-state index contributed by atoms with van der Waals surface area (Å²) in [6.45, 7) is 1.78. The van der Waals surface area contributed by atoms with Gasteiger partial charge in [0.1, 0.15) is 23.7 Å². The molecule has 0 aliphatic heterocycles. The molecule has 1 aromatic heterocycles. The molecule has 0 atom stereocenters. The van der Waals surface area contributed by atoms with Crippen LogP contribution in [0, 0.1) is 6.92 Å². The minimum absolute atomic E-state index is 0.0566. The summed E-state index contributed by atoms with van der Waals surface area (Å²) in [5.41, 5.74) is -0.690. The van der Waals surface area contributed by atoms with Crippen molar-refractivity contribution in [3.8, 4) is 17.2 Å². The molecule has 32 heavy (non-hydrogen) atoms. The van der Waals surface area contributed by atoms with E-state index in [0.29, 0.717) is 0 Å². The first kappa shape index (κ1) is 23.3. The fourth-order valence-electron chi connectivity index (χ4n) is 2.75. The molecule has 7 nitrogen and oxygen atoms in total. The lowest BCUT2D eigenvalue weighted by Crippen LogP contribution is -2.18. The van der Waals surface area contributed by atoms with Crippen LogP contribution in [-0.4, -0.2) is 32.9 Å². The number of benzene rings is 2. The number of carbonyl (C=O) groups excluding carboxylic acids is 1. The van der Waals surface area contributed by atoms with E-state index in [2.05, 4.69) is 0 Å². The topological polar surface area (TPSA) is 84.2 Å². The molecule has 10 heteroatoms. The van der Waals surface area contributed by atoms with Crippen LogP contribution in [0.5, 0.6) is 17.2 Å². The Kier molecular flexibility index (Phi) is 7.16. The number of carbonyl (C=O) groups is 1. The molecule has 0 unspecified atom stereocenters. The molecule has 0 saturated heterocycles. The lowest BCUT2D eigenvalue weighted by atomic mass is 10.2. The van der Waals surface area contributed by atoms with Crippen molar-refractivity contribution in [2.24, 2.45) is 0 Å². The minimum Gasteiger partial charge on any atom is -0.449 e. The number of methoxy groups -OCH3 is 1. The van der Waals surface area contributed by atoms with Crippen molar-refractivity contribution in [1.29, 1.82) is 0 Å². The van der Waals surface area contributed by atoms with Gasteiger partial charge in [-0.2, -0.15) is 13.2 Å². The summed E-state index contributed by atoms with van der Waals surface area (Å²) < 4.78 is 66.0. The Labute approximate surface area is 180 Å². The summed E-state index contributed by atoms with van der Waals surface area (Å²) >= 11 is 0. The average Bonchev–Trinajstić information content (AvgIpc) is 2.72. The predicted octanol–water partition coefficient (Wildman–Crippen LogP) is 4.48. The van der Waals surface area contributed by atoms with Crippen LogP contribution in [0.25, 0.3) is 11.0 Å². The van der Waals surface area contributed by atoms with Crippen LogP contribution >= 0.6 is 0 Å². The van der Waals surface area contributed by atoms with Gasteiger partial charge in [0.05, 0.1) is 18.6 Å². The molecule has 3 aromatic rings. The van der Waals surface area contributed by atoms with E-state index in [-0.39, 0.29) is 36.7 Å². The monoisotopic (exact) mass is 452 g/mol. The van der Waals surface area contributed by atoms with Crippen LogP contribution in [0.15, 0.2) is 51.7 Å². The normalized spacial score (nSPS) is 11.5. The minimum atomic E-state index is -5.01. The van der Waals surface area contributed by atoms with Crippen molar-refractivity contribution in [3.05, 3.63) is 64.0 Å². The van der Waals surface area contributed by atoms with E-state index < -0.39 is 34.7 Å². The Hall–Kier alpha value is -3.37. The first-order valence-corrected chi connectivity index (χ1v) is 9.39. The third-order valence-electron chi connectivity index (χ3n) is 4.17. The van der Waals surface area contributed by atoms with E-state index in [1.54, 1.807) is 19.1 Å². The number of esters is 1. The molecule has 0 fully saturated rings. The molecule has 0 radical (unpaired) electrons. The number of aryl methyl sites for hydroxylation is 1. The molecular formula is C22H19F3O7. The number of fused-ring (bicyclic) bond motifs is 1. The maximum Gasteiger partial charge on any atom is 0.453 e. The van der Waals surface area contributed by atoms with E-state index in [1.165, 1.54) is 31.4 Å². The lowest BCUT2D eigenvalue weighted by molar-refractivity contribution is -0.154. The van der Waals surface area contributed by atoms with Gasteiger partial charge in [-0.1, -0.05) is 12.1 Å². The summed E-state index contributed by atoms with van der Waals surface area (Å²) in [7, 11) is 1.47. The Morgan fingerprint density at radius 2 is 1.84 bits per heavy atom. The van der Waals surface area contributed by atoms with Gasteiger partial charge in [0.2, 0.25) is 11.2 Å². The van der Waals surface area contributed by atoms with Gasteiger partial charge < -0.3 is 23.4 Å². The van der Waals surface area contributed by atoms with Gasteiger partial charge >= 0.3 is 12.1 Å². The standard InChI is InChI=1S/C22H19F3O7/c1-13-4-3-5-14(10-13)31-20-19(27)16-7-6-15(30-18(26)12-29-9-8-28-2)11-17(16)32-21(20)22(23,24)25/h3-7,10-11H,8-9,12H2,1-2H3. The Balaban J connectivity index is 1.94. The molecule has 1 heterocycles. The molecule has 0 N–H and O–H groups in total. The molecule has 170 valence electrons. The zero-order chi connectivity index (χ0) is 23.3. The fraction of sp³-hybridized carbons (Fsp3) is 0.273. The molecule has 0 aliphatic carbocycles. The van der Waals surface area contributed by atoms with Crippen LogP contribution in [0.2, 0.25) is 0 Å². The quantitative estimate of drug-likeness (QED) is 0.283. The van der Waals surface area contributed by atoms with Gasteiger partial charge in [-0.05, 0) is 36.8 Å². The van der Waals surface area contributed by atoms with Gasteiger partial charge in [-0.15, -0.1) is 0 Å². The number of ether oxygens (including phenoxy) is 4. The second-order valence-corrected chi connectivity index (χ2v) is 6.68. The highest BCUT2D eigenvalue weighted by Crippen LogP contribution is 2.38. The molecule has 3 rings (SSSR count). The largest absolute Gasteiger partial charge is 0.453 e. The van der Waals surface area contributed by atoms with Crippen LogP contribution in [0.3, 0.4) is 0 Å². The number of halogens is 3. The third kappa shape index (κ3) is 5.65. The molecule has 0 amide bonds. The maximum absolute atomic E-state index is 13.6. The summed E-state index contributed by atoms with van der Waals surface area (Å²) in [6.07, 6.45) is -5.01. The van der Waals surface area contributed by atoms with Crippen LogP contribution in [0.1, 0.15) is 11.3 Å². The smallest absolute Gasteiger partial charge is 0.449 e. The highest BCUT2D eigenvalue weighted by molar-refractivity contribution is 5.81. The first-order chi connectivity index (χ1) is 15.2. The number of hydrogen-bond acceptors (Lipinski definition) is 7. The zero-order valence-electron chi connectivity index (χ0n) is 17.2. The van der Waals surface area contributed by atoms with Crippen LogP contribution in [-0.2, 0) is 20.4 Å². The van der Waals surface area contributed by atoms with Gasteiger partial charge in [-0.3, -0.25) is 4.79 Å². The van der Waals surface area contributed by atoms with Crippen molar-refractivity contribution in [2.45, 2.75) is 13.1 Å². The van der Waals surface area contributed by atoms with Crippen LogP contribution in [0.4, 0.5) is 13.2 Å². The van der Waals surface area contributed by atoms with Crippen molar-refractivity contribution < 1.29 is 41.3 Å². The maximum atomic E-state index is 13.6. The van der Waals surface area contributed by atoms with Crippen molar-refractivity contribution >= 4 is 16.9 Å². The van der Waals surface area contributed by atoms with Gasteiger partial charge in [0, 0.05) is 13.2 Å². The average molecular weight is 452 g/mol. The zero-order valence-corrected chi connectivity index (χ0v) is 17.2. The van der Waals surface area contributed by atoms with Gasteiger partial charge in [0.15, 0.2) is 0 Å². The number of rotatable bonds is 8. The summed E-state index contributed by atoms with van der Waals surface area (Å²) in [6, 6.07) is 9.70. The Morgan fingerprint density at radius 3 is 2.53 bits per heavy atom. The second-order valence-electron chi connectivity index (χ2n) is 6.68. The van der Waals surface area contributed by atoms with Crippen molar-refractivity contribution in [3.63, 3.8) is 0 Å². The van der Waals surface area contributed by atoms with Crippen molar-refractivity contribution in [1.82, 2.24) is 0 Å². The van der Waals surface area contributed by atoms with E-state index in [1.807, 2.05) is 0 Å². The number of hydrogen-bond donors (Lipinski definition) is 0. The Bertz CT molecular complexity index is 1170. The first-order valence-electron chi connectivity index (χ1n) is 9.39. The molecule has 0 bridgehead atoms. The number of alkyl halides is 3. The van der Waals surface area contributed by atoms with E-state index in [9.17, 15) is 22.8 Å². The fourth-order valence-corrected chi connectivity index (χ4v) is 2.75. The van der Waals surface area contributed by atoms with E-state index in [4.69, 9.17) is 23.4 Å². The lowest BCUT2D eigenvalue weighted by Gasteiger charge is -2.14. The Morgan fingerprint density at radius 1 is 1.06 bits per heavy atom. The van der Waals surface area contributed by atoms with E-state index in [0.717, 1.165) is 11.6 Å².